The van der Waals surface area contributed by atoms with Crippen molar-refractivity contribution in [3.63, 3.8) is 0 Å². The van der Waals surface area contributed by atoms with Crippen LogP contribution in [0.25, 0.3) is 0 Å². The molecule has 0 radical (unpaired) electrons. The number of para-hydroxylation sites is 1. The molecule has 0 unspecified atom stereocenters. The summed E-state index contributed by atoms with van der Waals surface area (Å²) >= 11 is 1.67. The van der Waals surface area contributed by atoms with Crippen molar-refractivity contribution in [2.24, 2.45) is 0 Å². The van der Waals surface area contributed by atoms with Gasteiger partial charge < -0.3 is 15.7 Å². The number of fused-ring (bicyclic) bond motifs is 3. The topological polar surface area (TPSA) is 64.6 Å². The second kappa shape index (κ2) is 5.79. The SMILES string of the molecule is CC(C)N1CCc2c(sc3c2C(=O)N[C@H](c2ccccc2O)N3)C1. The average Bonchev–Trinajstić information content (AvgIpc) is 2.92. The van der Waals surface area contributed by atoms with Crippen molar-refractivity contribution in [3.05, 3.63) is 45.8 Å². The predicted octanol–water partition coefficient (Wildman–Crippen LogP) is 3.07. The molecule has 0 bridgehead atoms. The van der Waals surface area contributed by atoms with Gasteiger partial charge in [-0.2, -0.15) is 0 Å². The van der Waals surface area contributed by atoms with E-state index in [1.54, 1.807) is 23.5 Å². The number of rotatable bonds is 2. The number of carbonyl (C=O) groups is 1. The summed E-state index contributed by atoms with van der Waals surface area (Å²) in [5.74, 6) is 0.138. The van der Waals surface area contributed by atoms with Crippen LogP contribution in [0.1, 0.15) is 46.4 Å². The third-order valence-corrected chi connectivity index (χ3v) is 5.99. The molecule has 2 aliphatic rings. The summed E-state index contributed by atoms with van der Waals surface area (Å²) in [4.78, 5) is 16.4. The number of nitrogens with zero attached hydrogens (tertiary/aromatic N) is 1. The van der Waals surface area contributed by atoms with E-state index < -0.39 is 6.17 Å². The van der Waals surface area contributed by atoms with Gasteiger partial charge in [-0.3, -0.25) is 9.69 Å². The zero-order valence-corrected chi connectivity index (χ0v) is 14.6. The maximum Gasteiger partial charge on any atom is 0.256 e. The molecule has 5 nitrogen and oxygen atoms in total. The van der Waals surface area contributed by atoms with Gasteiger partial charge in [-0.15, -0.1) is 11.3 Å². The maximum absolute atomic E-state index is 12.7. The number of phenols is 1. The van der Waals surface area contributed by atoms with E-state index in [0.717, 1.165) is 30.1 Å². The Morgan fingerprint density at radius 1 is 1.29 bits per heavy atom. The number of nitrogens with one attached hydrogen (secondary N) is 2. The van der Waals surface area contributed by atoms with Crippen LogP contribution in [0, 0.1) is 0 Å². The monoisotopic (exact) mass is 343 g/mol. The van der Waals surface area contributed by atoms with Crippen LogP contribution in [-0.4, -0.2) is 28.5 Å². The fourth-order valence-corrected chi connectivity index (χ4v) is 4.76. The molecule has 1 aromatic carbocycles. The minimum atomic E-state index is -0.396. The summed E-state index contributed by atoms with van der Waals surface area (Å²) < 4.78 is 0. The molecule has 1 atom stereocenters. The lowest BCUT2D eigenvalue weighted by Crippen LogP contribution is -2.39. The first-order valence-electron chi connectivity index (χ1n) is 8.28. The highest BCUT2D eigenvalue weighted by atomic mass is 32.1. The van der Waals surface area contributed by atoms with Crippen LogP contribution in [0.3, 0.4) is 0 Å². The van der Waals surface area contributed by atoms with Gasteiger partial charge in [0.25, 0.3) is 5.91 Å². The van der Waals surface area contributed by atoms with Crippen molar-refractivity contribution in [2.45, 2.75) is 39.0 Å². The molecule has 2 aliphatic heterocycles. The van der Waals surface area contributed by atoms with E-state index in [-0.39, 0.29) is 11.7 Å². The number of amides is 1. The lowest BCUT2D eigenvalue weighted by Gasteiger charge is -2.31. The quantitative estimate of drug-likeness (QED) is 0.784. The van der Waals surface area contributed by atoms with Gasteiger partial charge >= 0.3 is 0 Å². The van der Waals surface area contributed by atoms with Gasteiger partial charge in [-0.1, -0.05) is 18.2 Å². The Bertz CT molecular complexity index is 800. The van der Waals surface area contributed by atoms with E-state index in [2.05, 4.69) is 29.4 Å². The molecule has 24 heavy (non-hydrogen) atoms. The second-order valence-corrected chi connectivity index (χ2v) is 7.74. The number of hydrogen-bond acceptors (Lipinski definition) is 5. The molecule has 2 aromatic rings. The number of carbonyl (C=O) groups excluding carboxylic acids is 1. The van der Waals surface area contributed by atoms with E-state index in [0.29, 0.717) is 11.6 Å². The van der Waals surface area contributed by atoms with Gasteiger partial charge in [-0.25, -0.2) is 0 Å². The van der Waals surface area contributed by atoms with Gasteiger partial charge in [0.1, 0.15) is 16.9 Å². The molecule has 4 rings (SSSR count). The van der Waals surface area contributed by atoms with E-state index in [9.17, 15) is 9.90 Å². The zero-order chi connectivity index (χ0) is 16.8. The fourth-order valence-electron chi connectivity index (χ4n) is 3.46. The minimum Gasteiger partial charge on any atom is -0.508 e. The molecule has 6 heteroatoms. The number of anilines is 1. The summed E-state index contributed by atoms with van der Waals surface area (Å²) in [6, 6.07) is 7.61. The maximum atomic E-state index is 12.7. The van der Waals surface area contributed by atoms with Crippen molar-refractivity contribution in [1.82, 2.24) is 10.2 Å². The molecular weight excluding hydrogens is 322 g/mol. The van der Waals surface area contributed by atoms with Gasteiger partial charge in [0.2, 0.25) is 0 Å². The van der Waals surface area contributed by atoms with E-state index in [4.69, 9.17) is 0 Å². The predicted molar refractivity (Wildman–Crippen MR) is 95.5 cm³/mol. The van der Waals surface area contributed by atoms with Crippen molar-refractivity contribution < 1.29 is 9.90 Å². The molecule has 1 aromatic heterocycles. The van der Waals surface area contributed by atoms with E-state index in [1.165, 1.54) is 10.4 Å². The molecule has 0 aliphatic carbocycles. The van der Waals surface area contributed by atoms with Gasteiger partial charge in [-0.05, 0) is 31.9 Å². The van der Waals surface area contributed by atoms with Crippen LogP contribution in [0.2, 0.25) is 0 Å². The van der Waals surface area contributed by atoms with E-state index in [1.807, 2.05) is 12.1 Å². The highest BCUT2D eigenvalue weighted by molar-refractivity contribution is 7.16. The highest BCUT2D eigenvalue weighted by Crippen LogP contribution is 2.41. The number of benzene rings is 1. The summed E-state index contributed by atoms with van der Waals surface area (Å²) in [5, 5.41) is 17.4. The van der Waals surface area contributed by atoms with Crippen molar-refractivity contribution in [1.29, 1.82) is 0 Å². The molecule has 3 heterocycles. The minimum absolute atomic E-state index is 0.0486. The Balaban J connectivity index is 1.68. The molecular formula is C18H21N3O2S. The van der Waals surface area contributed by atoms with Crippen LogP contribution >= 0.6 is 11.3 Å². The van der Waals surface area contributed by atoms with Crippen molar-refractivity contribution in [2.75, 3.05) is 11.9 Å². The fraction of sp³-hybridized carbons (Fsp3) is 0.389. The number of hydrogen-bond donors (Lipinski definition) is 3. The first-order valence-corrected chi connectivity index (χ1v) is 9.10. The largest absolute Gasteiger partial charge is 0.508 e. The molecule has 0 saturated heterocycles. The zero-order valence-electron chi connectivity index (χ0n) is 13.8. The van der Waals surface area contributed by atoms with Gasteiger partial charge in [0.15, 0.2) is 0 Å². The molecule has 0 saturated carbocycles. The molecule has 1 amide bonds. The van der Waals surface area contributed by atoms with Crippen LogP contribution in [0.4, 0.5) is 5.00 Å². The van der Waals surface area contributed by atoms with Gasteiger partial charge in [0.05, 0.1) is 5.56 Å². The summed E-state index contributed by atoms with van der Waals surface area (Å²) in [6.45, 7) is 6.31. The third kappa shape index (κ3) is 2.46. The standard InChI is InChI=1S/C18H21N3O2S/c1-10(2)21-8-7-12-14(9-21)24-18-15(12)17(23)19-16(20-18)11-5-3-4-6-13(11)22/h3-6,10,16,20,22H,7-9H2,1-2H3,(H,19,23)/t16-/m0/s1. The number of aromatic hydroxyl groups is 1. The lowest BCUT2D eigenvalue weighted by atomic mass is 9.99. The first-order chi connectivity index (χ1) is 11.5. The molecule has 0 spiro atoms. The third-order valence-electron chi connectivity index (χ3n) is 4.84. The Hall–Kier alpha value is -2.05. The lowest BCUT2D eigenvalue weighted by molar-refractivity contribution is 0.0934. The number of phenolic OH excluding ortho intramolecular Hbond substituents is 1. The van der Waals surface area contributed by atoms with Crippen molar-refractivity contribution in [3.8, 4) is 5.75 Å². The smallest absolute Gasteiger partial charge is 0.256 e. The van der Waals surface area contributed by atoms with Crippen LogP contribution in [-0.2, 0) is 13.0 Å². The molecule has 126 valence electrons. The second-order valence-electron chi connectivity index (χ2n) is 6.63. The van der Waals surface area contributed by atoms with Gasteiger partial charge in [0, 0.05) is 29.6 Å². The molecule has 3 N–H and O–H groups in total. The Labute approximate surface area is 145 Å². The van der Waals surface area contributed by atoms with E-state index >= 15 is 0 Å². The van der Waals surface area contributed by atoms with Crippen LogP contribution in [0.5, 0.6) is 5.75 Å². The Morgan fingerprint density at radius 2 is 2.08 bits per heavy atom. The summed E-state index contributed by atoms with van der Waals surface area (Å²) in [5.41, 5.74) is 2.67. The van der Waals surface area contributed by atoms with Crippen molar-refractivity contribution >= 4 is 22.2 Å². The normalized spacial score (nSPS) is 20.3. The first kappa shape index (κ1) is 15.5. The van der Waals surface area contributed by atoms with Crippen LogP contribution in [0.15, 0.2) is 24.3 Å². The van der Waals surface area contributed by atoms with Crippen LogP contribution < -0.4 is 10.6 Å². The molecule has 0 fully saturated rings. The summed E-state index contributed by atoms with van der Waals surface area (Å²) in [6.07, 6.45) is 0.517. The Morgan fingerprint density at radius 3 is 2.83 bits per heavy atom. The number of thiophene rings is 1. The average molecular weight is 343 g/mol. The Kier molecular flexibility index (Phi) is 3.73. The highest BCUT2D eigenvalue weighted by Gasteiger charge is 2.34. The summed E-state index contributed by atoms with van der Waals surface area (Å²) in [7, 11) is 0.